The first-order chi connectivity index (χ1) is 9.60. The number of rotatable bonds is 1. The maximum atomic E-state index is 10.8. The lowest BCUT2D eigenvalue weighted by molar-refractivity contribution is -0.136. The molecule has 0 saturated heterocycles. The Morgan fingerprint density at radius 1 is 1.10 bits per heavy atom. The minimum absolute atomic E-state index is 0.111. The molecule has 2 aliphatic rings. The fraction of sp³-hybridized carbons (Fsp3) is 0.556. The minimum atomic E-state index is -0.261. The van der Waals surface area contributed by atoms with Crippen molar-refractivity contribution in [2.45, 2.75) is 53.9 Å². The van der Waals surface area contributed by atoms with Gasteiger partial charge in [-0.1, -0.05) is 39.8 Å². The summed E-state index contributed by atoms with van der Waals surface area (Å²) >= 11 is 0. The summed E-state index contributed by atoms with van der Waals surface area (Å²) in [5.41, 5.74) is 0.325. The second-order valence-electron chi connectivity index (χ2n) is 7.15. The highest BCUT2D eigenvalue weighted by Crippen LogP contribution is 2.29. The van der Waals surface area contributed by atoms with E-state index in [2.05, 4.69) is 27.7 Å². The summed E-state index contributed by atoms with van der Waals surface area (Å²) in [5, 5.41) is 0. The molecule has 21 heavy (non-hydrogen) atoms. The Kier molecular flexibility index (Phi) is 5.70. The molecule has 0 aromatic carbocycles. The third-order valence-electron chi connectivity index (χ3n) is 3.35. The second kappa shape index (κ2) is 6.88. The van der Waals surface area contributed by atoms with E-state index < -0.39 is 0 Å². The average Bonchev–Trinajstić information content (AvgIpc) is 2.25. The van der Waals surface area contributed by atoms with E-state index in [9.17, 15) is 9.59 Å². The lowest BCUT2D eigenvalue weighted by Crippen LogP contribution is -2.18. The Hall–Kier alpha value is -1.64. The zero-order valence-corrected chi connectivity index (χ0v) is 13.7. The molecule has 3 heteroatoms. The average molecular weight is 290 g/mol. The first-order valence-corrected chi connectivity index (χ1v) is 7.37. The molecule has 0 spiro atoms. The van der Waals surface area contributed by atoms with Crippen LogP contribution in [0.3, 0.4) is 0 Å². The Labute approximate surface area is 127 Å². The molecule has 3 nitrogen and oxygen atoms in total. The SMILES string of the molecule is CC(=O)OC1=CC(C)(C)CC=C1.CC1(C)CC=CC(=O)C1. The lowest BCUT2D eigenvalue weighted by atomic mass is 9.81. The molecular weight excluding hydrogens is 264 g/mol. The minimum Gasteiger partial charge on any atom is -0.427 e. The van der Waals surface area contributed by atoms with Gasteiger partial charge in [0, 0.05) is 13.3 Å². The first-order valence-electron chi connectivity index (χ1n) is 7.37. The summed E-state index contributed by atoms with van der Waals surface area (Å²) in [6.45, 7) is 9.87. The van der Waals surface area contributed by atoms with Crippen LogP contribution < -0.4 is 0 Å². The lowest BCUT2D eigenvalue weighted by Gasteiger charge is -2.23. The van der Waals surface area contributed by atoms with Gasteiger partial charge in [0.25, 0.3) is 0 Å². The molecule has 2 rings (SSSR count). The van der Waals surface area contributed by atoms with Gasteiger partial charge in [-0.3, -0.25) is 9.59 Å². The number of carbonyl (C=O) groups excluding carboxylic acids is 2. The molecule has 0 atom stereocenters. The molecule has 0 radical (unpaired) electrons. The molecular formula is C18H26O3. The fourth-order valence-electron chi connectivity index (χ4n) is 2.31. The molecule has 0 saturated carbocycles. The van der Waals surface area contributed by atoms with Crippen LogP contribution >= 0.6 is 0 Å². The quantitative estimate of drug-likeness (QED) is 0.674. The maximum Gasteiger partial charge on any atom is 0.308 e. The van der Waals surface area contributed by atoms with Gasteiger partial charge in [-0.15, -0.1) is 0 Å². The first kappa shape index (κ1) is 17.4. The normalized spacial score (nSPS) is 22.0. The van der Waals surface area contributed by atoms with Gasteiger partial charge in [0.1, 0.15) is 5.76 Å². The Bertz CT molecular complexity index is 491. The highest BCUT2D eigenvalue weighted by atomic mass is 16.5. The second-order valence-corrected chi connectivity index (χ2v) is 7.15. The van der Waals surface area contributed by atoms with Crippen LogP contribution in [0.1, 0.15) is 53.9 Å². The monoisotopic (exact) mass is 290 g/mol. The summed E-state index contributed by atoms with van der Waals surface area (Å²) in [6.07, 6.45) is 12.2. The van der Waals surface area contributed by atoms with Gasteiger partial charge in [-0.25, -0.2) is 0 Å². The maximum absolute atomic E-state index is 10.8. The van der Waals surface area contributed by atoms with Crippen LogP contribution in [-0.4, -0.2) is 11.8 Å². The van der Waals surface area contributed by atoms with Gasteiger partial charge >= 0.3 is 5.97 Å². The molecule has 0 aromatic rings. The summed E-state index contributed by atoms with van der Waals surface area (Å²) in [6, 6.07) is 0. The van der Waals surface area contributed by atoms with Crippen LogP contribution in [0.4, 0.5) is 0 Å². The molecule has 0 amide bonds. The van der Waals surface area contributed by atoms with Crippen molar-refractivity contribution in [3.63, 3.8) is 0 Å². The number of esters is 1. The van der Waals surface area contributed by atoms with Crippen molar-refractivity contribution in [1.82, 2.24) is 0 Å². The Balaban J connectivity index is 0.000000219. The van der Waals surface area contributed by atoms with Crippen molar-refractivity contribution in [1.29, 1.82) is 0 Å². The van der Waals surface area contributed by atoms with E-state index in [0.29, 0.717) is 12.2 Å². The van der Waals surface area contributed by atoms with Crippen LogP contribution in [0, 0.1) is 10.8 Å². The smallest absolute Gasteiger partial charge is 0.308 e. The van der Waals surface area contributed by atoms with Gasteiger partial charge < -0.3 is 4.74 Å². The third kappa shape index (κ3) is 7.07. The van der Waals surface area contributed by atoms with Gasteiger partial charge in [0.15, 0.2) is 5.78 Å². The van der Waals surface area contributed by atoms with Crippen molar-refractivity contribution in [3.8, 4) is 0 Å². The van der Waals surface area contributed by atoms with Crippen molar-refractivity contribution >= 4 is 11.8 Å². The zero-order chi connectivity index (χ0) is 16.1. The molecule has 0 aromatic heterocycles. The highest BCUT2D eigenvalue weighted by Gasteiger charge is 2.22. The van der Waals surface area contributed by atoms with Crippen molar-refractivity contribution < 1.29 is 14.3 Å². The van der Waals surface area contributed by atoms with Crippen LogP contribution in [0.25, 0.3) is 0 Å². The van der Waals surface area contributed by atoms with Crippen LogP contribution in [0.2, 0.25) is 0 Å². The van der Waals surface area contributed by atoms with Gasteiger partial charge in [-0.05, 0) is 41.9 Å². The Morgan fingerprint density at radius 2 is 1.71 bits per heavy atom. The van der Waals surface area contributed by atoms with E-state index >= 15 is 0 Å². The third-order valence-corrected chi connectivity index (χ3v) is 3.35. The van der Waals surface area contributed by atoms with E-state index in [1.54, 1.807) is 6.08 Å². The molecule has 0 fully saturated rings. The number of allylic oxidation sites excluding steroid dienone is 5. The van der Waals surface area contributed by atoms with E-state index in [1.807, 2.05) is 24.3 Å². The van der Waals surface area contributed by atoms with Crippen LogP contribution in [0.5, 0.6) is 0 Å². The number of ether oxygens (including phenoxy) is 1. The largest absolute Gasteiger partial charge is 0.427 e. The fourth-order valence-corrected chi connectivity index (χ4v) is 2.31. The summed E-state index contributed by atoms with van der Waals surface area (Å²) < 4.78 is 4.96. The Morgan fingerprint density at radius 3 is 2.14 bits per heavy atom. The molecule has 0 N–H and O–H groups in total. The van der Waals surface area contributed by atoms with E-state index in [1.165, 1.54) is 6.92 Å². The van der Waals surface area contributed by atoms with Crippen molar-refractivity contribution in [3.05, 3.63) is 36.1 Å². The molecule has 0 aliphatic heterocycles. The zero-order valence-electron chi connectivity index (χ0n) is 13.7. The number of hydrogen-bond donors (Lipinski definition) is 0. The van der Waals surface area contributed by atoms with Gasteiger partial charge in [0.05, 0.1) is 0 Å². The van der Waals surface area contributed by atoms with Crippen molar-refractivity contribution in [2.75, 3.05) is 0 Å². The molecule has 0 heterocycles. The summed E-state index contributed by atoms with van der Waals surface area (Å²) in [4.78, 5) is 21.4. The van der Waals surface area contributed by atoms with E-state index in [4.69, 9.17) is 4.74 Å². The number of hydrogen-bond acceptors (Lipinski definition) is 3. The molecule has 0 bridgehead atoms. The van der Waals surface area contributed by atoms with Gasteiger partial charge in [-0.2, -0.15) is 0 Å². The molecule has 0 unspecified atom stereocenters. The number of carbonyl (C=O) groups is 2. The predicted octanol–water partition coefficient (Wildman–Crippen LogP) is 4.35. The van der Waals surface area contributed by atoms with E-state index in [0.717, 1.165) is 12.8 Å². The van der Waals surface area contributed by atoms with Crippen LogP contribution in [0.15, 0.2) is 36.1 Å². The predicted molar refractivity (Wildman–Crippen MR) is 84.5 cm³/mol. The summed E-state index contributed by atoms with van der Waals surface area (Å²) in [5.74, 6) is 0.675. The van der Waals surface area contributed by atoms with E-state index in [-0.39, 0.29) is 22.6 Å². The number of ketones is 1. The highest BCUT2D eigenvalue weighted by molar-refractivity contribution is 5.90. The van der Waals surface area contributed by atoms with Gasteiger partial charge in [0.2, 0.25) is 0 Å². The van der Waals surface area contributed by atoms with Crippen LogP contribution in [-0.2, 0) is 14.3 Å². The standard InChI is InChI=1S/C10H14O2.C8H12O/c1-8(11)12-9-5-4-6-10(2,3)7-9;1-8(2)5-3-4-7(9)6-8/h4-5,7H,6H2,1-3H3;3-4H,5-6H2,1-2H3. The van der Waals surface area contributed by atoms with Crippen molar-refractivity contribution in [2.24, 2.45) is 10.8 Å². The summed E-state index contributed by atoms with van der Waals surface area (Å²) in [7, 11) is 0. The molecule has 2 aliphatic carbocycles. The molecule has 116 valence electrons. The topological polar surface area (TPSA) is 43.4 Å².